The van der Waals surface area contributed by atoms with Crippen molar-refractivity contribution >= 4 is 11.7 Å². The minimum Gasteiger partial charge on any atom is -0.491 e. The molecule has 3 heterocycles. The molecular weight excluding hydrogens is 410 g/mol. The van der Waals surface area contributed by atoms with Crippen LogP contribution in [0.5, 0.6) is 5.75 Å². The van der Waals surface area contributed by atoms with Crippen LogP contribution in [0.3, 0.4) is 0 Å². The van der Waals surface area contributed by atoms with Crippen LogP contribution in [0.1, 0.15) is 23.4 Å². The van der Waals surface area contributed by atoms with E-state index >= 15 is 0 Å². The Morgan fingerprint density at radius 2 is 1.97 bits per heavy atom. The first kappa shape index (κ1) is 22.1. The summed E-state index contributed by atoms with van der Waals surface area (Å²) < 4.78 is 10.8. The normalized spacial score (nSPS) is 21.6. The molecule has 2 saturated heterocycles. The van der Waals surface area contributed by atoms with Crippen molar-refractivity contribution in [2.24, 2.45) is 11.8 Å². The molecule has 32 heavy (non-hydrogen) atoms. The van der Waals surface area contributed by atoms with Crippen LogP contribution in [0.25, 0.3) is 0 Å². The van der Waals surface area contributed by atoms with Gasteiger partial charge in [-0.3, -0.25) is 4.90 Å². The van der Waals surface area contributed by atoms with E-state index in [9.17, 15) is 9.90 Å². The molecule has 9 heteroatoms. The number of anilines is 1. The van der Waals surface area contributed by atoms with Gasteiger partial charge >= 0.3 is 6.03 Å². The predicted octanol–water partition coefficient (Wildman–Crippen LogP) is 2.39. The molecule has 170 valence electrons. The number of aromatic nitrogens is 1. The predicted molar refractivity (Wildman–Crippen MR) is 117 cm³/mol. The zero-order valence-electron chi connectivity index (χ0n) is 18.5. The van der Waals surface area contributed by atoms with Crippen molar-refractivity contribution in [3.8, 4) is 11.8 Å². The number of amides is 2. The molecule has 2 fully saturated rings. The number of nitriles is 1. The van der Waals surface area contributed by atoms with Crippen LogP contribution < -0.4 is 10.1 Å². The van der Waals surface area contributed by atoms with Gasteiger partial charge in [-0.1, -0.05) is 5.16 Å². The van der Waals surface area contributed by atoms with Gasteiger partial charge in [-0.2, -0.15) is 5.26 Å². The molecule has 2 aliphatic rings. The number of benzene rings is 1. The molecule has 3 atom stereocenters. The number of ether oxygens (including phenoxy) is 1. The van der Waals surface area contributed by atoms with Crippen molar-refractivity contribution in [2.45, 2.75) is 26.4 Å². The Kier molecular flexibility index (Phi) is 6.63. The summed E-state index contributed by atoms with van der Waals surface area (Å²) in [5, 5.41) is 26.1. The van der Waals surface area contributed by atoms with Crippen molar-refractivity contribution in [3.63, 3.8) is 0 Å². The van der Waals surface area contributed by atoms with Crippen LogP contribution in [0.4, 0.5) is 10.5 Å². The average molecular weight is 440 g/mol. The average Bonchev–Trinajstić information content (AvgIpc) is 3.09. The van der Waals surface area contributed by atoms with E-state index in [2.05, 4.69) is 21.4 Å². The van der Waals surface area contributed by atoms with Gasteiger partial charge in [0.05, 0.1) is 11.6 Å². The number of hydrogen-bond acceptors (Lipinski definition) is 7. The number of likely N-dealkylation sites (tertiary alicyclic amines) is 2. The Morgan fingerprint density at radius 3 is 2.56 bits per heavy atom. The Hall–Kier alpha value is -3.09. The number of carbonyl (C=O) groups is 1. The molecule has 2 N–H and O–H groups in total. The van der Waals surface area contributed by atoms with Gasteiger partial charge in [0.1, 0.15) is 29.8 Å². The first-order valence-electron chi connectivity index (χ1n) is 10.9. The number of hydrogen-bond donors (Lipinski definition) is 2. The zero-order valence-corrected chi connectivity index (χ0v) is 18.5. The standard InChI is InChI=1S/C23H29N5O4/c1-15-22(16(2)32-26-15)25-23(30)28-11-18-7-19(12-28)10-27(9-18)13-20(29)14-31-21-5-3-17(8-24)4-6-21/h3-6,18-20,29H,7,9-14H2,1-2H3,(H,25,30). The molecule has 2 aromatic rings. The molecule has 0 radical (unpaired) electrons. The van der Waals surface area contributed by atoms with Crippen LogP contribution in [-0.4, -0.2) is 71.5 Å². The molecule has 3 unspecified atom stereocenters. The summed E-state index contributed by atoms with van der Waals surface area (Å²) in [6.45, 7) is 7.41. The van der Waals surface area contributed by atoms with Crippen LogP contribution in [-0.2, 0) is 0 Å². The molecule has 0 aliphatic carbocycles. The Morgan fingerprint density at radius 1 is 1.28 bits per heavy atom. The summed E-state index contributed by atoms with van der Waals surface area (Å²) in [7, 11) is 0. The number of aryl methyl sites for hydroxylation is 2. The van der Waals surface area contributed by atoms with Gasteiger partial charge in [-0.05, 0) is 56.4 Å². The van der Waals surface area contributed by atoms with E-state index in [1.807, 2.05) is 11.8 Å². The van der Waals surface area contributed by atoms with E-state index in [1.54, 1.807) is 31.2 Å². The summed E-state index contributed by atoms with van der Waals surface area (Å²) in [6.07, 6.45) is 0.493. The summed E-state index contributed by atoms with van der Waals surface area (Å²) in [6, 6.07) is 8.82. The number of nitrogens with zero attached hydrogens (tertiary/aromatic N) is 4. The van der Waals surface area contributed by atoms with Gasteiger partial charge in [-0.15, -0.1) is 0 Å². The highest BCUT2D eigenvalue weighted by molar-refractivity contribution is 5.90. The smallest absolute Gasteiger partial charge is 0.322 e. The van der Waals surface area contributed by atoms with Crippen LogP contribution in [0.2, 0.25) is 0 Å². The van der Waals surface area contributed by atoms with Gasteiger partial charge in [0.25, 0.3) is 0 Å². The SMILES string of the molecule is Cc1noc(C)c1NC(=O)N1CC2CC(CN(CC(O)COc3ccc(C#N)cc3)C2)C1. The lowest BCUT2D eigenvalue weighted by Gasteiger charge is -2.46. The minimum atomic E-state index is -0.608. The second-order valence-electron chi connectivity index (χ2n) is 8.82. The maximum Gasteiger partial charge on any atom is 0.322 e. The molecule has 1 aromatic carbocycles. The van der Waals surface area contributed by atoms with Crippen LogP contribution in [0.15, 0.2) is 28.8 Å². The molecule has 2 bridgehead atoms. The lowest BCUT2D eigenvalue weighted by molar-refractivity contribution is 0.0105. The van der Waals surface area contributed by atoms with Crippen molar-refractivity contribution in [2.75, 3.05) is 44.6 Å². The number of fused-ring (bicyclic) bond motifs is 2. The van der Waals surface area contributed by atoms with E-state index in [0.29, 0.717) is 59.9 Å². The molecule has 0 saturated carbocycles. The van der Waals surface area contributed by atoms with Crippen molar-refractivity contribution in [1.82, 2.24) is 15.0 Å². The van der Waals surface area contributed by atoms with Gasteiger partial charge in [0, 0.05) is 32.7 Å². The van der Waals surface area contributed by atoms with E-state index < -0.39 is 6.10 Å². The summed E-state index contributed by atoms with van der Waals surface area (Å²) in [5.41, 5.74) is 1.90. The van der Waals surface area contributed by atoms with Crippen LogP contribution in [0, 0.1) is 37.0 Å². The van der Waals surface area contributed by atoms with Crippen molar-refractivity contribution in [1.29, 1.82) is 5.26 Å². The van der Waals surface area contributed by atoms with E-state index in [1.165, 1.54) is 0 Å². The second kappa shape index (κ2) is 9.59. The summed E-state index contributed by atoms with van der Waals surface area (Å²) in [4.78, 5) is 16.9. The van der Waals surface area contributed by atoms with Crippen molar-refractivity contribution in [3.05, 3.63) is 41.3 Å². The number of aliphatic hydroxyl groups is 1. The van der Waals surface area contributed by atoms with Gasteiger partial charge in [0.2, 0.25) is 0 Å². The maximum atomic E-state index is 12.8. The monoisotopic (exact) mass is 439 g/mol. The zero-order chi connectivity index (χ0) is 22.7. The fraction of sp³-hybridized carbons (Fsp3) is 0.522. The highest BCUT2D eigenvalue weighted by Crippen LogP contribution is 2.29. The van der Waals surface area contributed by atoms with E-state index in [4.69, 9.17) is 14.5 Å². The number of rotatable bonds is 6. The Bertz CT molecular complexity index is 950. The number of β-amino-alcohol motifs (C(OH)–C–C–N with tert-alkyl or cyclic N) is 1. The first-order chi connectivity index (χ1) is 15.4. The third-order valence-electron chi connectivity index (χ3n) is 6.10. The topological polar surface area (TPSA) is 115 Å². The number of urea groups is 1. The molecule has 2 amide bonds. The number of nitrogens with one attached hydrogen (secondary N) is 1. The lowest BCUT2D eigenvalue weighted by Crippen LogP contribution is -2.56. The number of aliphatic hydroxyl groups excluding tert-OH is 1. The van der Waals surface area contributed by atoms with E-state index in [-0.39, 0.29) is 12.6 Å². The fourth-order valence-corrected chi connectivity index (χ4v) is 4.72. The quantitative estimate of drug-likeness (QED) is 0.710. The molecule has 1 aromatic heterocycles. The van der Waals surface area contributed by atoms with Crippen molar-refractivity contribution < 1.29 is 19.2 Å². The largest absolute Gasteiger partial charge is 0.491 e. The highest BCUT2D eigenvalue weighted by atomic mass is 16.5. The maximum absolute atomic E-state index is 12.8. The van der Waals surface area contributed by atoms with Gasteiger partial charge in [-0.25, -0.2) is 4.79 Å². The molecule has 0 spiro atoms. The fourth-order valence-electron chi connectivity index (χ4n) is 4.72. The van der Waals surface area contributed by atoms with Gasteiger partial charge < -0.3 is 24.6 Å². The minimum absolute atomic E-state index is 0.113. The van der Waals surface area contributed by atoms with Gasteiger partial charge in [0.15, 0.2) is 5.76 Å². The third kappa shape index (κ3) is 5.21. The Labute approximate surface area is 187 Å². The second-order valence-corrected chi connectivity index (χ2v) is 8.82. The molecule has 9 nitrogen and oxygen atoms in total. The molecular formula is C23H29N5O4. The third-order valence-corrected chi connectivity index (χ3v) is 6.10. The number of carbonyl (C=O) groups excluding carboxylic acids is 1. The van der Waals surface area contributed by atoms with E-state index in [0.717, 1.165) is 19.5 Å². The molecule has 4 rings (SSSR count). The summed E-state index contributed by atoms with van der Waals surface area (Å²) in [5.74, 6) is 2.00. The summed E-state index contributed by atoms with van der Waals surface area (Å²) >= 11 is 0. The number of piperidine rings is 2. The molecule has 2 aliphatic heterocycles. The highest BCUT2D eigenvalue weighted by Gasteiger charge is 2.36. The van der Waals surface area contributed by atoms with Crippen LogP contribution >= 0.6 is 0 Å². The lowest BCUT2D eigenvalue weighted by atomic mass is 9.84. The first-order valence-corrected chi connectivity index (χ1v) is 10.9. The Balaban J connectivity index is 1.25.